The Morgan fingerprint density at radius 2 is 1.85 bits per heavy atom. The van der Waals surface area contributed by atoms with Crippen LogP contribution in [0.15, 0.2) is 17.1 Å². The van der Waals surface area contributed by atoms with Gasteiger partial charge in [-0.15, -0.1) is 0 Å². The highest BCUT2D eigenvalue weighted by molar-refractivity contribution is 6.74. The minimum atomic E-state index is -1.77. The molecule has 1 rings (SSSR count). The van der Waals surface area contributed by atoms with Crippen molar-refractivity contribution in [1.29, 1.82) is 0 Å². The number of aliphatic imine (C=N–C) groups is 1. The molecule has 0 bridgehead atoms. The van der Waals surface area contributed by atoms with Gasteiger partial charge in [-0.3, -0.25) is 9.79 Å². The maximum Gasteiger partial charge on any atom is 0.328 e. The van der Waals surface area contributed by atoms with E-state index in [-0.39, 0.29) is 23.0 Å². The van der Waals surface area contributed by atoms with Gasteiger partial charge in [0.1, 0.15) is 12.1 Å². The van der Waals surface area contributed by atoms with Crippen LogP contribution < -0.4 is 0 Å². The molecule has 150 valence electrons. The van der Waals surface area contributed by atoms with E-state index in [9.17, 15) is 4.79 Å². The molecule has 0 spiro atoms. The molecular weight excluding hydrogens is 342 g/mol. The number of nitrogens with zero attached hydrogens (tertiary/aromatic N) is 1. The Hall–Kier alpha value is -0.943. The molecule has 0 aromatic heterocycles. The predicted octanol–water partition coefficient (Wildman–Crippen LogP) is 5.54. The summed E-state index contributed by atoms with van der Waals surface area (Å²) in [5, 5.41) is 0.212. The number of ether oxygens (including phenoxy) is 1. The fraction of sp³-hybridized carbons (Fsp3) is 0.810. The lowest BCUT2D eigenvalue weighted by molar-refractivity contribution is -0.152. The second-order valence-corrected chi connectivity index (χ2v) is 14.9. The summed E-state index contributed by atoms with van der Waals surface area (Å²) < 4.78 is 11.8. The van der Waals surface area contributed by atoms with E-state index >= 15 is 0 Å². The Morgan fingerprint density at radius 1 is 1.19 bits per heavy atom. The van der Waals surface area contributed by atoms with Crippen molar-refractivity contribution in [3.05, 3.63) is 12.2 Å². The normalized spacial score (nSPS) is 22.0. The van der Waals surface area contributed by atoms with Gasteiger partial charge in [0.05, 0.1) is 0 Å². The number of carbonyl (C=O) groups is 1. The lowest BCUT2D eigenvalue weighted by Crippen LogP contribution is -2.44. The lowest BCUT2D eigenvalue weighted by Gasteiger charge is -2.41. The van der Waals surface area contributed by atoms with Crippen molar-refractivity contribution < 1.29 is 14.0 Å². The topological polar surface area (TPSA) is 47.9 Å². The van der Waals surface area contributed by atoms with Gasteiger partial charge in [-0.1, -0.05) is 32.9 Å². The first-order valence-electron chi connectivity index (χ1n) is 9.76. The van der Waals surface area contributed by atoms with Crippen LogP contribution in [-0.4, -0.2) is 39.3 Å². The van der Waals surface area contributed by atoms with E-state index in [2.05, 4.69) is 51.0 Å². The van der Waals surface area contributed by atoms with Gasteiger partial charge in [0.2, 0.25) is 0 Å². The van der Waals surface area contributed by atoms with Crippen molar-refractivity contribution >= 4 is 20.5 Å². The average Bonchev–Trinajstić information content (AvgIpc) is 2.48. The quantitative estimate of drug-likeness (QED) is 0.252. The first-order valence-corrected chi connectivity index (χ1v) is 12.7. The minimum absolute atomic E-state index is 0.0896. The second-order valence-electron chi connectivity index (χ2n) is 10.1. The second kappa shape index (κ2) is 8.83. The number of carbonyl (C=O) groups excluding carboxylic acids is 1. The zero-order valence-corrected chi connectivity index (χ0v) is 19.1. The summed E-state index contributed by atoms with van der Waals surface area (Å²) in [5.74, 6) is -0.274. The Balaban J connectivity index is 2.65. The highest BCUT2D eigenvalue weighted by atomic mass is 28.4. The molecule has 0 aromatic carbocycles. The number of allylic oxidation sites excluding steroid dienone is 2. The van der Waals surface area contributed by atoms with E-state index in [0.717, 1.165) is 32.3 Å². The molecular formula is C21H39NO3Si. The first kappa shape index (κ1) is 23.1. The van der Waals surface area contributed by atoms with Gasteiger partial charge in [-0.25, -0.2) is 0 Å². The van der Waals surface area contributed by atoms with Crippen LogP contribution in [0, 0.1) is 5.41 Å². The Bertz CT molecular complexity index is 526. The van der Waals surface area contributed by atoms with Gasteiger partial charge < -0.3 is 9.16 Å². The fourth-order valence-electron chi connectivity index (χ4n) is 2.64. The Morgan fingerprint density at radius 3 is 2.35 bits per heavy atom. The third-order valence-corrected chi connectivity index (χ3v) is 9.88. The van der Waals surface area contributed by atoms with Crippen LogP contribution in [0.4, 0.5) is 0 Å². The van der Waals surface area contributed by atoms with Gasteiger partial charge in [-0.05, 0) is 64.6 Å². The van der Waals surface area contributed by atoms with Crippen LogP contribution in [-0.2, 0) is 14.0 Å². The van der Waals surface area contributed by atoms with Crippen molar-refractivity contribution in [2.24, 2.45) is 10.4 Å². The zero-order chi connectivity index (χ0) is 20.1. The first-order chi connectivity index (χ1) is 11.8. The molecule has 0 aliphatic heterocycles. The monoisotopic (exact) mass is 381 g/mol. The van der Waals surface area contributed by atoms with Crippen molar-refractivity contribution in [3.63, 3.8) is 0 Å². The molecule has 1 aliphatic rings. The molecule has 5 heteroatoms. The lowest BCUT2D eigenvalue weighted by atomic mass is 9.75. The van der Waals surface area contributed by atoms with Crippen molar-refractivity contribution in [3.8, 4) is 0 Å². The molecule has 1 aliphatic carbocycles. The maximum absolute atomic E-state index is 11.8. The highest BCUT2D eigenvalue weighted by Crippen LogP contribution is 2.41. The number of esters is 1. The summed E-state index contributed by atoms with van der Waals surface area (Å²) in [7, 11) is -1.77. The van der Waals surface area contributed by atoms with Gasteiger partial charge in [0.25, 0.3) is 0 Å². The molecule has 0 fully saturated rings. The largest absolute Gasteiger partial charge is 0.459 e. The molecule has 0 saturated heterocycles. The average molecular weight is 382 g/mol. The van der Waals surface area contributed by atoms with Crippen molar-refractivity contribution in [2.75, 3.05) is 13.2 Å². The van der Waals surface area contributed by atoms with Crippen LogP contribution in [0.1, 0.15) is 67.2 Å². The summed E-state index contributed by atoms with van der Waals surface area (Å²) in [5.41, 5.74) is -0.360. The Kier molecular flexibility index (Phi) is 7.84. The van der Waals surface area contributed by atoms with Crippen molar-refractivity contribution in [1.82, 2.24) is 0 Å². The fourth-order valence-corrected chi connectivity index (χ4v) is 3.74. The predicted molar refractivity (Wildman–Crippen MR) is 112 cm³/mol. The van der Waals surface area contributed by atoms with Crippen LogP contribution >= 0.6 is 0 Å². The Labute approximate surface area is 161 Å². The van der Waals surface area contributed by atoms with Crippen LogP contribution in [0.25, 0.3) is 0 Å². The van der Waals surface area contributed by atoms with E-state index in [1.54, 1.807) is 0 Å². The number of rotatable bonds is 7. The minimum Gasteiger partial charge on any atom is -0.459 e. The molecule has 0 radical (unpaired) electrons. The standard InChI is InChI=1S/C21H39NO3Si/c1-19(2,3)25-18(23)16-22-15-14-21(12-10-9-11-13-21)17-24-26(7,8)20(4,5)6/h9-10,15H,11-14,16-17H2,1-8H3. The number of hydrogen-bond donors (Lipinski definition) is 0. The van der Waals surface area contributed by atoms with Gasteiger partial charge in [-0.2, -0.15) is 0 Å². The molecule has 1 unspecified atom stereocenters. The van der Waals surface area contributed by atoms with Crippen LogP contribution in [0.3, 0.4) is 0 Å². The van der Waals surface area contributed by atoms with Gasteiger partial charge >= 0.3 is 5.97 Å². The van der Waals surface area contributed by atoms with Gasteiger partial charge in [0, 0.05) is 18.2 Å². The SMILES string of the molecule is CC(C)(C)OC(=O)CN=CCC1(CO[Si](C)(C)C(C)(C)C)CC=CCC1. The van der Waals surface area contributed by atoms with Crippen LogP contribution in [0.5, 0.6) is 0 Å². The molecule has 0 amide bonds. The highest BCUT2D eigenvalue weighted by Gasteiger charge is 2.40. The summed E-state index contributed by atoms with van der Waals surface area (Å²) in [6.07, 6.45) is 10.5. The van der Waals surface area contributed by atoms with E-state index in [1.807, 2.05) is 27.0 Å². The van der Waals surface area contributed by atoms with E-state index in [1.165, 1.54) is 0 Å². The third kappa shape index (κ3) is 7.75. The maximum atomic E-state index is 11.8. The van der Waals surface area contributed by atoms with E-state index in [0.29, 0.717) is 0 Å². The summed E-state index contributed by atoms with van der Waals surface area (Å²) in [4.78, 5) is 16.1. The summed E-state index contributed by atoms with van der Waals surface area (Å²) >= 11 is 0. The van der Waals surface area contributed by atoms with E-state index in [4.69, 9.17) is 9.16 Å². The van der Waals surface area contributed by atoms with E-state index < -0.39 is 13.9 Å². The van der Waals surface area contributed by atoms with Gasteiger partial charge in [0.15, 0.2) is 8.32 Å². The molecule has 26 heavy (non-hydrogen) atoms. The molecule has 0 aromatic rings. The molecule has 0 heterocycles. The smallest absolute Gasteiger partial charge is 0.328 e. The molecule has 0 N–H and O–H groups in total. The van der Waals surface area contributed by atoms with Crippen molar-refractivity contribution in [2.45, 2.75) is 91.0 Å². The molecule has 0 saturated carbocycles. The van der Waals surface area contributed by atoms with Crippen LogP contribution in [0.2, 0.25) is 18.1 Å². The molecule has 1 atom stereocenters. The molecule has 4 nitrogen and oxygen atoms in total. The summed E-state index contributed by atoms with van der Waals surface area (Å²) in [6, 6.07) is 0. The summed E-state index contributed by atoms with van der Waals surface area (Å²) in [6.45, 7) is 17.9. The zero-order valence-electron chi connectivity index (χ0n) is 18.1. The third-order valence-electron chi connectivity index (χ3n) is 5.40. The number of hydrogen-bond acceptors (Lipinski definition) is 4.